The van der Waals surface area contributed by atoms with Crippen LogP contribution >= 0.6 is 0 Å². The van der Waals surface area contributed by atoms with Gasteiger partial charge in [-0.15, -0.1) is 0 Å². The minimum absolute atomic E-state index is 0.474. The Kier molecular flexibility index (Phi) is 3.17. The van der Waals surface area contributed by atoms with Crippen LogP contribution in [0.2, 0.25) is 0 Å². The van der Waals surface area contributed by atoms with Gasteiger partial charge < -0.3 is 10.2 Å². The van der Waals surface area contributed by atoms with Gasteiger partial charge >= 0.3 is 0 Å². The third-order valence-corrected chi connectivity index (χ3v) is 4.42. The summed E-state index contributed by atoms with van der Waals surface area (Å²) in [5.41, 5.74) is 1.41. The lowest BCUT2D eigenvalue weighted by Crippen LogP contribution is -2.56. The molecular weight excluding hydrogens is 210 g/mol. The topological polar surface area (TPSA) is 15.3 Å². The molecule has 3 aliphatic rings. The van der Waals surface area contributed by atoms with Crippen LogP contribution in [-0.4, -0.2) is 30.6 Å². The number of nitrogens with zero attached hydrogens (tertiary/aromatic N) is 1. The van der Waals surface area contributed by atoms with E-state index in [1.165, 1.54) is 38.0 Å². The van der Waals surface area contributed by atoms with Crippen molar-refractivity contribution in [3.05, 3.63) is 35.9 Å². The molecule has 17 heavy (non-hydrogen) atoms. The van der Waals surface area contributed by atoms with E-state index in [0.717, 1.165) is 5.92 Å². The van der Waals surface area contributed by atoms with E-state index in [4.69, 9.17) is 0 Å². The van der Waals surface area contributed by atoms with Crippen LogP contribution in [0.25, 0.3) is 0 Å². The van der Waals surface area contributed by atoms with Gasteiger partial charge in [-0.1, -0.05) is 30.3 Å². The zero-order chi connectivity index (χ0) is 11.7. The van der Waals surface area contributed by atoms with Crippen LogP contribution < -0.4 is 5.32 Å². The van der Waals surface area contributed by atoms with Crippen molar-refractivity contribution in [3.8, 4) is 0 Å². The molecule has 2 heteroatoms. The average molecular weight is 232 g/mol. The first-order valence-electron chi connectivity index (χ1n) is 6.86. The Labute approximate surface area is 104 Å². The molecule has 0 aliphatic carbocycles. The molecule has 3 aliphatic heterocycles. The van der Waals surface area contributed by atoms with E-state index < -0.39 is 0 Å². The molecule has 3 heterocycles. The minimum atomic E-state index is 0.474. The first-order chi connectivity index (χ1) is 8.33. The van der Waals surface area contributed by atoms with Crippen LogP contribution in [0.3, 0.4) is 0 Å². The Bertz CT molecular complexity index is 354. The maximum absolute atomic E-state index is 3.82. The van der Waals surface area contributed by atoms with Gasteiger partial charge in [0.15, 0.2) is 0 Å². The predicted octanol–water partition coefficient (Wildman–Crippen LogP) is 2.43. The van der Waals surface area contributed by atoms with Gasteiger partial charge in [-0.05, 0) is 44.3 Å². The molecular formula is C15H22N2. The van der Waals surface area contributed by atoms with Crippen molar-refractivity contribution in [2.75, 3.05) is 19.6 Å². The van der Waals surface area contributed by atoms with Crippen LogP contribution in [0, 0.1) is 5.92 Å². The Hall–Kier alpha value is -0.860. The van der Waals surface area contributed by atoms with Crippen LogP contribution in [0.1, 0.15) is 31.4 Å². The SMILES string of the molecule is C[C@@H](N[14CH]1CN2CCC1CC2)c1ccccc1. The number of rotatable bonds is 3. The normalized spacial score (nSPS) is 33.6. The second-order valence-electron chi connectivity index (χ2n) is 5.54. The number of piperidine rings is 3. The molecule has 0 amide bonds. The van der Waals surface area contributed by atoms with E-state index >= 15 is 0 Å². The van der Waals surface area contributed by atoms with Crippen LogP contribution in [-0.2, 0) is 0 Å². The van der Waals surface area contributed by atoms with Gasteiger partial charge in [-0.2, -0.15) is 0 Å². The van der Waals surface area contributed by atoms with Crippen molar-refractivity contribution in [1.82, 2.24) is 10.2 Å². The largest absolute Gasteiger partial charge is 0.306 e. The van der Waals surface area contributed by atoms with Crippen molar-refractivity contribution < 1.29 is 0 Å². The van der Waals surface area contributed by atoms with Crippen LogP contribution in [0.4, 0.5) is 0 Å². The van der Waals surface area contributed by atoms with Crippen LogP contribution in [0.5, 0.6) is 0 Å². The van der Waals surface area contributed by atoms with Crippen molar-refractivity contribution in [3.63, 3.8) is 0 Å². The summed E-state index contributed by atoms with van der Waals surface area (Å²) in [6.07, 6.45) is 2.78. The number of hydrogen-bond donors (Lipinski definition) is 1. The highest BCUT2D eigenvalue weighted by atomic mass is 15.6. The van der Waals surface area contributed by atoms with Crippen LogP contribution in [0.15, 0.2) is 30.3 Å². The summed E-state index contributed by atoms with van der Waals surface area (Å²) in [4.78, 5) is 2.61. The summed E-state index contributed by atoms with van der Waals surface area (Å²) >= 11 is 0. The van der Waals surface area contributed by atoms with E-state index in [1.54, 1.807) is 0 Å². The molecule has 1 N–H and O–H groups in total. The van der Waals surface area contributed by atoms with E-state index in [-0.39, 0.29) is 0 Å². The number of hydrogen-bond acceptors (Lipinski definition) is 2. The Morgan fingerprint density at radius 2 is 1.94 bits per heavy atom. The number of nitrogens with one attached hydrogen (secondary N) is 1. The fourth-order valence-electron chi connectivity index (χ4n) is 3.31. The molecule has 3 fully saturated rings. The standard InChI is InChI=1S/C15H22N2/c1-12(13-5-3-2-4-6-13)16-15-11-17-9-7-14(15)8-10-17/h2-6,12,14-16H,7-11H2,1H3/t12-,15?/m1/s1/i15+2. The first kappa shape index (κ1) is 11.2. The lowest BCUT2D eigenvalue weighted by Gasteiger charge is -2.46. The first-order valence-corrected chi connectivity index (χ1v) is 6.86. The summed E-state index contributed by atoms with van der Waals surface area (Å²) in [6, 6.07) is 12.0. The van der Waals surface area contributed by atoms with Crippen molar-refractivity contribution in [2.24, 2.45) is 5.92 Å². The zero-order valence-electron chi connectivity index (χ0n) is 10.6. The molecule has 4 rings (SSSR count). The molecule has 92 valence electrons. The van der Waals surface area contributed by atoms with Gasteiger partial charge in [0.1, 0.15) is 0 Å². The maximum Gasteiger partial charge on any atom is 0.0294 e. The van der Waals surface area contributed by atoms with Crippen molar-refractivity contribution in [1.29, 1.82) is 0 Å². The van der Waals surface area contributed by atoms with Crippen molar-refractivity contribution >= 4 is 0 Å². The summed E-state index contributed by atoms with van der Waals surface area (Å²) in [5.74, 6) is 0.908. The molecule has 1 aromatic carbocycles. The van der Waals surface area contributed by atoms with Gasteiger partial charge in [0.25, 0.3) is 0 Å². The summed E-state index contributed by atoms with van der Waals surface area (Å²) in [6.45, 7) is 6.18. The summed E-state index contributed by atoms with van der Waals surface area (Å²) < 4.78 is 0. The zero-order valence-corrected chi connectivity index (χ0v) is 10.6. The summed E-state index contributed by atoms with van der Waals surface area (Å²) in [5, 5.41) is 3.82. The van der Waals surface area contributed by atoms with Gasteiger partial charge in [0.2, 0.25) is 0 Å². The highest BCUT2D eigenvalue weighted by molar-refractivity contribution is 5.18. The van der Waals surface area contributed by atoms with E-state index in [0.29, 0.717) is 12.1 Å². The second kappa shape index (κ2) is 4.79. The van der Waals surface area contributed by atoms with Gasteiger partial charge in [0, 0.05) is 18.6 Å². The molecule has 2 nitrogen and oxygen atoms in total. The second-order valence-corrected chi connectivity index (χ2v) is 5.54. The van der Waals surface area contributed by atoms with Gasteiger partial charge in [-0.3, -0.25) is 0 Å². The predicted molar refractivity (Wildman–Crippen MR) is 70.9 cm³/mol. The van der Waals surface area contributed by atoms with Gasteiger partial charge in [0.05, 0.1) is 0 Å². The van der Waals surface area contributed by atoms with Crippen molar-refractivity contribution in [2.45, 2.75) is 31.8 Å². The Balaban J connectivity index is 1.64. The third-order valence-electron chi connectivity index (χ3n) is 4.42. The Morgan fingerprint density at radius 1 is 1.24 bits per heavy atom. The fourth-order valence-corrected chi connectivity index (χ4v) is 3.31. The fraction of sp³-hybridized carbons (Fsp3) is 0.600. The average Bonchev–Trinajstić information content (AvgIpc) is 2.41. The number of benzene rings is 1. The third kappa shape index (κ3) is 2.38. The highest BCUT2D eigenvalue weighted by Gasteiger charge is 2.34. The lowest BCUT2D eigenvalue weighted by atomic mass is 10.0. The van der Waals surface area contributed by atoms with E-state index in [1.807, 2.05) is 0 Å². The lowest BCUT2D eigenvalue weighted by molar-refractivity contribution is 0.0680. The minimum Gasteiger partial charge on any atom is -0.306 e. The monoisotopic (exact) mass is 232 g/mol. The number of fused-ring (bicyclic) bond motifs is 3. The molecule has 3 saturated heterocycles. The maximum atomic E-state index is 3.82. The molecule has 2 bridgehead atoms. The van der Waals surface area contributed by atoms with E-state index in [9.17, 15) is 0 Å². The molecule has 1 aromatic rings. The molecule has 0 radical (unpaired) electrons. The summed E-state index contributed by atoms with van der Waals surface area (Å²) in [7, 11) is 0. The quantitative estimate of drug-likeness (QED) is 0.861. The molecule has 0 aromatic heterocycles. The van der Waals surface area contributed by atoms with Gasteiger partial charge in [-0.25, -0.2) is 0 Å². The van der Waals surface area contributed by atoms with E-state index in [2.05, 4.69) is 47.5 Å². The highest BCUT2D eigenvalue weighted by Crippen LogP contribution is 2.29. The molecule has 0 spiro atoms. The molecule has 1 unspecified atom stereocenters. The Morgan fingerprint density at radius 3 is 2.53 bits per heavy atom. The molecule has 0 saturated carbocycles. The smallest absolute Gasteiger partial charge is 0.0294 e. The molecule has 2 atom stereocenters.